The molecule has 0 heterocycles. The topological polar surface area (TPSA) is 49.7 Å². The minimum Gasteiger partial charge on any atom is -0.497 e. The van der Waals surface area contributed by atoms with Crippen molar-refractivity contribution < 1.29 is 14.9 Å². The molecule has 0 radical (unpaired) electrons. The SMILES string of the molecule is COc1ccc(/C=C2\C[C@@H]3[C@H]4CC=C5C[C@H](O)CC[C@]5(C)[C@@H]4CC[C@]3(C)[C@@H]2O)cc1. The average Bonchev–Trinajstić information content (AvgIpc) is 3.00. The van der Waals surface area contributed by atoms with Gasteiger partial charge in [0.1, 0.15) is 5.75 Å². The molecule has 0 bridgehead atoms. The lowest BCUT2D eigenvalue weighted by Crippen LogP contribution is -2.51. The van der Waals surface area contributed by atoms with Crippen molar-refractivity contribution in [2.75, 3.05) is 7.11 Å². The van der Waals surface area contributed by atoms with Gasteiger partial charge in [-0.05, 0) is 91.4 Å². The van der Waals surface area contributed by atoms with Crippen LogP contribution in [-0.4, -0.2) is 29.5 Å². The summed E-state index contributed by atoms with van der Waals surface area (Å²) >= 11 is 0. The van der Waals surface area contributed by atoms with Crippen molar-refractivity contribution in [3.8, 4) is 5.75 Å². The molecule has 0 amide bonds. The Morgan fingerprint density at radius 3 is 2.50 bits per heavy atom. The van der Waals surface area contributed by atoms with Crippen molar-refractivity contribution in [2.45, 2.75) is 71.0 Å². The molecule has 0 spiro atoms. The van der Waals surface area contributed by atoms with E-state index in [0.29, 0.717) is 17.8 Å². The van der Waals surface area contributed by atoms with Gasteiger partial charge in [-0.2, -0.15) is 0 Å². The molecule has 4 aliphatic carbocycles. The predicted molar refractivity (Wildman–Crippen MR) is 120 cm³/mol. The van der Waals surface area contributed by atoms with Gasteiger partial charge in [-0.25, -0.2) is 0 Å². The number of fused-ring (bicyclic) bond motifs is 5. The summed E-state index contributed by atoms with van der Waals surface area (Å²) in [5.41, 5.74) is 4.08. The van der Waals surface area contributed by atoms with Crippen LogP contribution >= 0.6 is 0 Å². The van der Waals surface area contributed by atoms with Crippen LogP contribution in [0.2, 0.25) is 0 Å². The summed E-state index contributed by atoms with van der Waals surface area (Å²) in [7, 11) is 1.69. The van der Waals surface area contributed by atoms with Gasteiger partial charge in [0.25, 0.3) is 0 Å². The lowest BCUT2D eigenvalue weighted by molar-refractivity contribution is -0.0685. The van der Waals surface area contributed by atoms with Crippen LogP contribution in [0.4, 0.5) is 0 Å². The number of rotatable bonds is 2. The second-order valence-electron chi connectivity index (χ2n) is 10.8. The van der Waals surface area contributed by atoms with Crippen molar-refractivity contribution in [3.63, 3.8) is 0 Å². The zero-order valence-electron chi connectivity index (χ0n) is 18.6. The number of hydrogen-bond donors (Lipinski definition) is 2. The number of aliphatic hydroxyl groups excluding tert-OH is 2. The molecule has 3 fully saturated rings. The highest BCUT2D eigenvalue weighted by Gasteiger charge is 2.59. The average molecular weight is 409 g/mol. The third kappa shape index (κ3) is 3.00. The Kier molecular flexibility index (Phi) is 4.91. The van der Waals surface area contributed by atoms with E-state index in [-0.39, 0.29) is 23.0 Å². The van der Waals surface area contributed by atoms with E-state index >= 15 is 0 Å². The van der Waals surface area contributed by atoms with E-state index in [4.69, 9.17) is 4.74 Å². The zero-order chi connectivity index (χ0) is 21.1. The third-order valence-corrected chi connectivity index (χ3v) is 9.41. The predicted octanol–water partition coefficient (Wildman–Crippen LogP) is 5.37. The Balaban J connectivity index is 1.44. The Morgan fingerprint density at radius 1 is 1.00 bits per heavy atom. The van der Waals surface area contributed by atoms with Crippen LogP contribution in [0.1, 0.15) is 64.4 Å². The minimum absolute atomic E-state index is 0.0185. The maximum Gasteiger partial charge on any atom is 0.118 e. The number of hydrogen-bond acceptors (Lipinski definition) is 3. The fourth-order valence-electron chi connectivity index (χ4n) is 7.55. The summed E-state index contributed by atoms with van der Waals surface area (Å²) in [5, 5.41) is 21.6. The molecule has 0 aromatic heterocycles. The Labute approximate surface area is 180 Å². The van der Waals surface area contributed by atoms with Crippen molar-refractivity contribution >= 4 is 6.08 Å². The summed E-state index contributed by atoms with van der Waals surface area (Å²) in [4.78, 5) is 0. The lowest BCUT2D eigenvalue weighted by Gasteiger charge is -2.57. The summed E-state index contributed by atoms with van der Waals surface area (Å²) in [6.45, 7) is 4.79. The number of allylic oxidation sites excluding steroid dienone is 1. The molecule has 0 saturated heterocycles. The van der Waals surface area contributed by atoms with Crippen molar-refractivity contribution in [3.05, 3.63) is 47.1 Å². The second-order valence-corrected chi connectivity index (χ2v) is 10.8. The first-order chi connectivity index (χ1) is 14.3. The van der Waals surface area contributed by atoms with Crippen LogP contribution in [0, 0.1) is 28.6 Å². The summed E-state index contributed by atoms with van der Waals surface area (Å²) in [6, 6.07) is 8.14. The molecular formula is C27H36O3. The van der Waals surface area contributed by atoms with Gasteiger partial charge < -0.3 is 14.9 Å². The van der Waals surface area contributed by atoms with Crippen LogP contribution in [-0.2, 0) is 0 Å². The minimum atomic E-state index is -0.350. The molecule has 1 aromatic rings. The lowest BCUT2D eigenvalue weighted by atomic mass is 9.48. The normalized spacial score (nSPS) is 44.1. The maximum absolute atomic E-state index is 11.4. The summed E-state index contributed by atoms with van der Waals surface area (Å²) in [6.07, 6.45) is 11.5. The van der Waals surface area contributed by atoms with Crippen molar-refractivity contribution in [1.29, 1.82) is 0 Å². The van der Waals surface area contributed by atoms with E-state index in [1.165, 1.54) is 17.6 Å². The quantitative estimate of drug-likeness (QED) is 0.647. The molecule has 1 aromatic carbocycles. The molecule has 162 valence electrons. The van der Waals surface area contributed by atoms with Gasteiger partial charge in [0.2, 0.25) is 0 Å². The van der Waals surface area contributed by atoms with Crippen LogP contribution in [0.3, 0.4) is 0 Å². The molecule has 30 heavy (non-hydrogen) atoms. The molecule has 0 aliphatic heterocycles. The molecule has 0 unspecified atom stereocenters. The molecule has 3 nitrogen and oxygen atoms in total. The standard InChI is InChI=1S/C27H36O3/c1-26-12-10-20(28)16-19(26)6-9-22-23(26)11-13-27(2)24(22)15-18(25(27)29)14-17-4-7-21(30-3)8-5-17/h4-8,14,20,22-25,28-29H,9-13,15-16H2,1-3H3/b18-14+/t20-,22+,23-,24-,25-,26+,27+/m1/s1. The monoisotopic (exact) mass is 408 g/mol. The number of ether oxygens (including phenoxy) is 1. The van der Waals surface area contributed by atoms with E-state index in [1.54, 1.807) is 7.11 Å². The highest BCUT2D eigenvalue weighted by atomic mass is 16.5. The number of methoxy groups -OCH3 is 1. The summed E-state index contributed by atoms with van der Waals surface area (Å²) < 4.78 is 5.28. The fourth-order valence-corrected chi connectivity index (χ4v) is 7.55. The van der Waals surface area contributed by atoms with Gasteiger partial charge in [0.05, 0.1) is 19.3 Å². The molecule has 7 atom stereocenters. The molecule has 2 N–H and O–H groups in total. The van der Waals surface area contributed by atoms with E-state index in [1.807, 2.05) is 12.1 Å². The highest BCUT2D eigenvalue weighted by Crippen LogP contribution is 2.65. The van der Waals surface area contributed by atoms with Gasteiger partial charge in [-0.3, -0.25) is 0 Å². The van der Waals surface area contributed by atoms with Gasteiger partial charge >= 0.3 is 0 Å². The van der Waals surface area contributed by atoms with Gasteiger partial charge in [0.15, 0.2) is 0 Å². The highest BCUT2D eigenvalue weighted by molar-refractivity contribution is 5.56. The van der Waals surface area contributed by atoms with E-state index in [0.717, 1.165) is 49.8 Å². The van der Waals surface area contributed by atoms with Gasteiger partial charge in [-0.1, -0.05) is 43.7 Å². The van der Waals surface area contributed by atoms with E-state index in [9.17, 15) is 10.2 Å². The number of aliphatic hydroxyl groups is 2. The van der Waals surface area contributed by atoms with Crippen molar-refractivity contribution in [1.82, 2.24) is 0 Å². The van der Waals surface area contributed by atoms with E-state index < -0.39 is 0 Å². The van der Waals surface area contributed by atoms with Crippen LogP contribution < -0.4 is 4.74 Å². The largest absolute Gasteiger partial charge is 0.497 e. The third-order valence-electron chi connectivity index (χ3n) is 9.41. The molecule has 3 saturated carbocycles. The first-order valence-corrected chi connectivity index (χ1v) is 11.8. The Bertz CT molecular complexity index is 869. The molecule has 4 aliphatic rings. The smallest absolute Gasteiger partial charge is 0.118 e. The van der Waals surface area contributed by atoms with Gasteiger partial charge in [0, 0.05) is 5.41 Å². The molecule has 3 heteroatoms. The Morgan fingerprint density at radius 2 is 1.77 bits per heavy atom. The second kappa shape index (κ2) is 7.24. The maximum atomic E-state index is 11.4. The molecule has 5 rings (SSSR count). The van der Waals surface area contributed by atoms with Crippen LogP contribution in [0.15, 0.2) is 41.5 Å². The van der Waals surface area contributed by atoms with Crippen LogP contribution in [0.25, 0.3) is 6.08 Å². The first kappa shape index (κ1) is 20.3. The first-order valence-electron chi connectivity index (χ1n) is 11.8. The van der Waals surface area contributed by atoms with Crippen molar-refractivity contribution in [2.24, 2.45) is 28.6 Å². The van der Waals surface area contributed by atoms with Crippen LogP contribution in [0.5, 0.6) is 5.75 Å². The number of benzene rings is 1. The summed E-state index contributed by atoms with van der Waals surface area (Å²) in [5.74, 6) is 2.74. The zero-order valence-corrected chi connectivity index (χ0v) is 18.6. The fraction of sp³-hybridized carbons (Fsp3) is 0.630. The van der Waals surface area contributed by atoms with E-state index in [2.05, 4.69) is 38.1 Å². The molecular weight excluding hydrogens is 372 g/mol. The Hall–Kier alpha value is -1.58. The van der Waals surface area contributed by atoms with Gasteiger partial charge in [-0.15, -0.1) is 0 Å².